The fraction of sp³-hybridized carbons (Fsp3) is 0.577. The number of unbranched alkanes of at least 4 members (excludes halogenated alkanes) is 1. The van der Waals surface area contributed by atoms with Crippen molar-refractivity contribution in [1.82, 2.24) is 19.7 Å². The molecule has 0 unspecified atom stereocenters. The van der Waals surface area contributed by atoms with Crippen molar-refractivity contribution in [3.05, 3.63) is 30.5 Å². The van der Waals surface area contributed by atoms with Gasteiger partial charge in [-0.25, -0.2) is 18.1 Å². The van der Waals surface area contributed by atoms with E-state index in [2.05, 4.69) is 17.2 Å². The Bertz CT molecular complexity index is 1260. The maximum absolute atomic E-state index is 13.0. The number of aliphatic hydroxyl groups is 1. The molecule has 2 fully saturated rings. The first kappa shape index (κ1) is 24.2. The monoisotopic (exact) mass is 497 g/mol. The van der Waals surface area contributed by atoms with Crippen LogP contribution < -0.4 is 5.32 Å². The summed E-state index contributed by atoms with van der Waals surface area (Å²) in [6.07, 6.45) is 10.4. The summed E-state index contributed by atoms with van der Waals surface area (Å²) in [5, 5.41) is 18.9. The average molecular weight is 498 g/mol. The Balaban J connectivity index is 1.50. The Hall–Kier alpha value is -2.52. The van der Waals surface area contributed by atoms with Crippen molar-refractivity contribution in [1.29, 1.82) is 0 Å². The summed E-state index contributed by atoms with van der Waals surface area (Å²) in [6.45, 7) is 2.96. The van der Waals surface area contributed by atoms with Gasteiger partial charge in [-0.3, -0.25) is 0 Å². The van der Waals surface area contributed by atoms with Crippen LogP contribution in [0.3, 0.4) is 0 Å². The zero-order valence-corrected chi connectivity index (χ0v) is 21.2. The number of aromatic nitrogens is 4. The molecule has 188 valence electrons. The fourth-order valence-electron chi connectivity index (χ4n) is 5.35. The zero-order chi connectivity index (χ0) is 24.4. The first-order valence-electron chi connectivity index (χ1n) is 13.0. The number of rotatable bonds is 8. The van der Waals surface area contributed by atoms with Gasteiger partial charge in [0.2, 0.25) is 5.95 Å². The Morgan fingerprint density at radius 2 is 1.77 bits per heavy atom. The third-order valence-corrected chi connectivity index (χ3v) is 9.75. The van der Waals surface area contributed by atoms with E-state index >= 15 is 0 Å². The molecule has 2 N–H and O–H groups in total. The van der Waals surface area contributed by atoms with Crippen LogP contribution >= 0.6 is 0 Å². The van der Waals surface area contributed by atoms with Crippen LogP contribution in [0.15, 0.2) is 35.4 Å². The van der Waals surface area contributed by atoms with Crippen molar-refractivity contribution in [3.63, 3.8) is 0 Å². The van der Waals surface area contributed by atoms with Crippen molar-refractivity contribution in [2.45, 2.75) is 93.4 Å². The fourth-order valence-corrected chi connectivity index (χ4v) is 7.20. The molecule has 0 atom stereocenters. The third-order valence-electron chi connectivity index (χ3n) is 7.47. The first-order valence-corrected chi connectivity index (χ1v) is 14.5. The number of sulfone groups is 1. The van der Waals surface area contributed by atoms with E-state index in [9.17, 15) is 13.5 Å². The van der Waals surface area contributed by atoms with E-state index in [0.717, 1.165) is 93.0 Å². The SMILES string of the molecule is CCCCNc1ncc2c(-c3ccc(S(=O)(=O)C4CCCC4)cc3)nn([C@H]3CC[C@@H](O)CC3)c2n1. The van der Waals surface area contributed by atoms with E-state index in [1.807, 2.05) is 23.0 Å². The minimum absolute atomic E-state index is 0.162. The smallest absolute Gasteiger partial charge is 0.224 e. The lowest BCUT2D eigenvalue weighted by atomic mass is 9.93. The van der Waals surface area contributed by atoms with Gasteiger partial charge in [0.25, 0.3) is 0 Å². The summed E-state index contributed by atoms with van der Waals surface area (Å²) in [5.74, 6) is 0.590. The second-order valence-electron chi connectivity index (χ2n) is 9.94. The van der Waals surface area contributed by atoms with Gasteiger partial charge in [-0.15, -0.1) is 0 Å². The van der Waals surface area contributed by atoms with Gasteiger partial charge in [0.1, 0.15) is 5.69 Å². The minimum Gasteiger partial charge on any atom is -0.393 e. The second-order valence-corrected chi connectivity index (χ2v) is 12.2. The number of nitrogens with zero attached hydrogens (tertiary/aromatic N) is 4. The molecule has 0 amide bonds. The molecule has 3 aromatic rings. The van der Waals surface area contributed by atoms with Crippen LogP contribution in [0.25, 0.3) is 22.3 Å². The maximum Gasteiger partial charge on any atom is 0.224 e. The van der Waals surface area contributed by atoms with Gasteiger partial charge < -0.3 is 10.4 Å². The molecule has 2 aliphatic carbocycles. The molecule has 2 aliphatic rings. The van der Waals surface area contributed by atoms with E-state index in [1.54, 1.807) is 12.1 Å². The molecular formula is C26H35N5O3S. The van der Waals surface area contributed by atoms with Gasteiger partial charge in [-0.2, -0.15) is 10.1 Å². The van der Waals surface area contributed by atoms with Crippen LogP contribution in [-0.2, 0) is 9.84 Å². The zero-order valence-electron chi connectivity index (χ0n) is 20.4. The molecule has 8 nitrogen and oxygen atoms in total. The van der Waals surface area contributed by atoms with E-state index in [4.69, 9.17) is 10.1 Å². The number of nitrogens with one attached hydrogen (secondary N) is 1. The van der Waals surface area contributed by atoms with Crippen LogP contribution in [0.2, 0.25) is 0 Å². The van der Waals surface area contributed by atoms with Crippen LogP contribution in [-0.4, -0.2) is 51.2 Å². The summed E-state index contributed by atoms with van der Waals surface area (Å²) in [4.78, 5) is 9.74. The summed E-state index contributed by atoms with van der Waals surface area (Å²) >= 11 is 0. The maximum atomic E-state index is 13.0. The van der Waals surface area contributed by atoms with Gasteiger partial charge in [0.05, 0.1) is 27.7 Å². The molecule has 35 heavy (non-hydrogen) atoms. The van der Waals surface area contributed by atoms with Gasteiger partial charge in [0, 0.05) is 18.3 Å². The number of anilines is 1. The molecule has 5 rings (SSSR count). The summed E-state index contributed by atoms with van der Waals surface area (Å²) in [7, 11) is -3.30. The number of hydrogen-bond donors (Lipinski definition) is 2. The number of fused-ring (bicyclic) bond motifs is 1. The van der Waals surface area contributed by atoms with Gasteiger partial charge in [-0.1, -0.05) is 38.3 Å². The van der Waals surface area contributed by atoms with Crippen LogP contribution in [0, 0.1) is 0 Å². The Morgan fingerprint density at radius 3 is 2.46 bits per heavy atom. The highest BCUT2D eigenvalue weighted by molar-refractivity contribution is 7.92. The lowest BCUT2D eigenvalue weighted by Gasteiger charge is -2.25. The summed E-state index contributed by atoms with van der Waals surface area (Å²) in [5.41, 5.74) is 2.39. The van der Waals surface area contributed by atoms with Crippen LogP contribution in [0.4, 0.5) is 5.95 Å². The number of aliphatic hydroxyl groups excluding tert-OH is 1. The van der Waals surface area contributed by atoms with Crippen molar-refractivity contribution in [2.75, 3.05) is 11.9 Å². The minimum atomic E-state index is -3.30. The highest BCUT2D eigenvalue weighted by Crippen LogP contribution is 2.35. The lowest BCUT2D eigenvalue weighted by Crippen LogP contribution is -2.22. The Morgan fingerprint density at radius 1 is 1.06 bits per heavy atom. The normalized spacial score (nSPS) is 21.5. The number of hydrogen-bond acceptors (Lipinski definition) is 7. The molecule has 2 aromatic heterocycles. The highest BCUT2D eigenvalue weighted by Gasteiger charge is 2.30. The first-order chi connectivity index (χ1) is 17.0. The van der Waals surface area contributed by atoms with Crippen LogP contribution in [0.1, 0.15) is 77.2 Å². The van der Waals surface area contributed by atoms with E-state index in [-0.39, 0.29) is 17.4 Å². The molecule has 0 aliphatic heterocycles. The predicted octanol–water partition coefficient (Wildman–Crippen LogP) is 4.90. The molecule has 0 radical (unpaired) electrons. The third kappa shape index (κ3) is 4.93. The number of benzene rings is 1. The Kier molecular flexibility index (Phi) is 7.07. The second kappa shape index (κ2) is 10.2. The highest BCUT2D eigenvalue weighted by atomic mass is 32.2. The molecule has 0 bridgehead atoms. The predicted molar refractivity (Wildman–Crippen MR) is 137 cm³/mol. The topological polar surface area (TPSA) is 110 Å². The molecule has 0 saturated heterocycles. The molecular weight excluding hydrogens is 462 g/mol. The van der Waals surface area contributed by atoms with E-state index in [0.29, 0.717) is 10.8 Å². The largest absolute Gasteiger partial charge is 0.393 e. The van der Waals surface area contributed by atoms with Crippen molar-refractivity contribution in [2.24, 2.45) is 0 Å². The van der Waals surface area contributed by atoms with E-state index < -0.39 is 9.84 Å². The van der Waals surface area contributed by atoms with Crippen molar-refractivity contribution < 1.29 is 13.5 Å². The van der Waals surface area contributed by atoms with Crippen LogP contribution in [0.5, 0.6) is 0 Å². The Labute approximate surface area is 207 Å². The average Bonchev–Trinajstić information content (AvgIpc) is 3.54. The van der Waals surface area contributed by atoms with Gasteiger partial charge in [0.15, 0.2) is 15.5 Å². The summed E-state index contributed by atoms with van der Waals surface area (Å²) in [6, 6.07) is 7.30. The summed E-state index contributed by atoms with van der Waals surface area (Å²) < 4.78 is 28.0. The lowest BCUT2D eigenvalue weighted by molar-refractivity contribution is 0.109. The van der Waals surface area contributed by atoms with Gasteiger partial charge >= 0.3 is 0 Å². The van der Waals surface area contributed by atoms with Crippen molar-refractivity contribution >= 4 is 26.8 Å². The standard InChI is InChI=1S/C26H35N5O3S/c1-2-3-16-27-26-28-17-23-24(30-31(25(23)29-26)19-10-12-20(32)13-11-19)18-8-14-22(15-9-18)35(33,34)21-6-4-5-7-21/h8-9,14-15,17,19-21,32H,2-7,10-13,16H2,1H3,(H,27,28,29)/t19-,20+. The molecule has 1 aromatic carbocycles. The molecule has 2 heterocycles. The van der Waals surface area contributed by atoms with E-state index in [1.165, 1.54) is 0 Å². The molecule has 0 spiro atoms. The molecule has 2 saturated carbocycles. The van der Waals surface area contributed by atoms with Crippen molar-refractivity contribution in [3.8, 4) is 11.3 Å². The molecule has 9 heteroatoms. The van der Waals surface area contributed by atoms with Gasteiger partial charge in [-0.05, 0) is 57.1 Å². The quantitative estimate of drug-likeness (QED) is 0.426.